The topological polar surface area (TPSA) is 38.3 Å². The van der Waals surface area contributed by atoms with Gasteiger partial charge in [0.15, 0.2) is 0 Å². The molecule has 1 aromatic carbocycles. The fraction of sp³-hybridized carbons (Fsp3) is 0.417. The Bertz CT molecular complexity index is 347. The Kier molecular flexibility index (Phi) is 4.31. The highest BCUT2D eigenvalue weighted by Crippen LogP contribution is 2.11. The standard InChI is InChI=1S/C12H17NO2/c1-9-5-4-6-11(10(9)2)7-13-8-12(14)15-3/h4-6,13H,7-8H2,1-3H3. The number of benzene rings is 1. The largest absolute Gasteiger partial charge is 0.468 e. The molecule has 1 N–H and O–H groups in total. The van der Waals surface area contributed by atoms with Crippen molar-refractivity contribution >= 4 is 5.97 Å². The third-order valence-corrected chi connectivity index (χ3v) is 2.53. The molecule has 0 atom stereocenters. The van der Waals surface area contributed by atoms with Crippen LogP contribution < -0.4 is 5.32 Å². The van der Waals surface area contributed by atoms with Gasteiger partial charge < -0.3 is 10.1 Å². The fourth-order valence-electron chi connectivity index (χ4n) is 1.37. The lowest BCUT2D eigenvalue weighted by Gasteiger charge is -2.08. The van der Waals surface area contributed by atoms with Gasteiger partial charge in [-0.1, -0.05) is 18.2 Å². The van der Waals surface area contributed by atoms with Gasteiger partial charge in [0.25, 0.3) is 0 Å². The van der Waals surface area contributed by atoms with Gasteiger partial charge in [-0.05, 0) is 30.5 Å². The molecule has 0 bridgehead atoms. The molecule has 1 rings (SSSR count). The second kappa shape index (κ2) is 5.51. The highest BCUT2D eigenvalue weighted by molar-refractivity contribution is 5.71. The summed E-state index contributed by atoms with van der Waals surface area (Å²) in [5.41, 5.74) is 3.76. The molecule has 0 unspecified atom stereocenters. The number of aryl methyl sites for hydroxylation is 1. The molecule has 3 heteroatoms. The maximum absolute atomic E-state index is 10.9. The monoisotopic (exact) mass is 207 g/mol. The summed E-state index contributed by atoms with van der Waals surface area (Å²) in [5, 5.41) is 3.05. The van der Waals surface area contributed by atoms with Crippen LogP contribution in [0.3, 0.4) is 0 Å². The van der Waals surface area contributed by atoms with E-state index in [9.17, 15) is 4.79 Å². The Morgan fingerprint density at radius 1 is 1.40 bits per heavy atom. The minimum atomic E-state index is -0.236. The minimum Gasteiger partial charge on any atom is -0.468 e. The molecule has 0 aliphatic carbocycles. The molecule has 0 aliphatic rings. The lowest BCUT2D eigenvalue weighted by molar-refractivity contribution is -0.139. The zero-order chi connectivity index (χ0) is 11.3. The van der Waals surface area contributed by atoms with Crippen molar-refractivity contribution in [1.82, 2.24) is 5.32 Å². The van der Waals surface area contributed by atoms with Gasteiger partial charge in [0.05, 0.1) is 13.7 Å². The van der Waals surface area contributed by atoms with E-state index in [1.807, 2.05) is 6.07 Å². The van der Waals surface area contributed by atoms with Crippen LogP contribution >= 0.6 is 0 Å². The lowest BCUT2D eigenvalue weighted by Crippen LogP contribution is -2.23. The summed E-state index contributed by atoms with van der Waals surface area (Å²) in [7, 11) is 1.39. The summed E-state index contributed by atoms with van der Waals surface area (Å²) in [6.45, 7) is 5.12. The predicted molar refractivity (Wildman–Crippen MR) is 59.6 cm³/mol. The van der Waals surface area contributed by atoms with Crippen LogP contribution in [0.4, 0.5) is 0 Å². The summed E-state index contributed by atoms with van der Waals surface area (Å²) >= 11 is 0. The summed E-state index contributed by atoms with van der Waals surface area (Å²) in [6, 6.07) is 6.17. The molecule has 0 saturated heterocycles. The SMILES string of the molecule is COC(=O)CNCc1cccc(C)c1C. The van der Waals surface area contributed by atoms with Gasteiger partial charge in [-0.2, -0.15) is 0 Å². The molecule has 82 valence electrons. The van der Waals surface area contributed by atoms with Crippen molar-refractivity contribution in [2.24, 2.45) is 0 Å². The van der Waals surface area contributed by atoms with Crippen molar-refractivity contribution in [1.29, 1.82) is 0 Å². The molecule has 0 fully saturated rings. The van der Waals surface area contributed by atoms with Gasteiger partial charge in [-0.25, -0.2) is 0 Å². The molecule has 0 heterocycles. The second-order valence-electron chi connectivity index (χ2n) is 3.54. The maximum Gasteiger partial charge on any atom is 0.319 e. The second-order valence-corrected chi connectivity index (χ2v) is 3.54. The lowest BCUT2D eigenvalue weighted by atomic mass is 10.0. The normalized spacial score (nSPS) is 10.1. The molecule has 0 radical (unpaired) electrons. The van der Waals surface area contributed by atoms with Crippen LogP contribution in [-0.2, 0) is 16.1 Å². The molecule has 0 amide bonds. The maximum atomic E-state index is 10.9. The predicted octanol–water partition coefficient (Wildman–Crippen LogP) is 1.57. The summed E-state index contributed by atoms with van der Waals surface area (Å²) in [6.07, 6.45) is 0. The van der Waals surface area contributed by atoms with E-state index < -0.39 is 0 Å². The Balaban J connectivity index is 2.51. The number of ether oxygens (including phenoxy) is 1. The first-order valence-electron chi connectivity index (χ1n) is 4.97. The van der Waals surface area contributed by atoms with Crippen molar-refractivity contribution in [2.75, 3.05) is 13.7 Å². The van der Waals surface area contributed by atoms with Crippen molar-refractivity contribution < 1.29 is 9.53 Å². The van der Waals surface area contributed by atoms with Gasteiger partial charge in [0, 0.05) is 6.54 Å². The van der Waals surface area contributed by atoms with E-state index in [-0.39, 0.29) is 12.5 Å². The molecule has 0 saturated carbocycles. The molecular weight excluding hydrogens is 190 g/mol. The van der Waals surface area contributed by atoms with E-state index in [0.29, 0.717) is 6.54 Å². The van der Waals surface area contributed by atoms with Crippen molar-refractivity contribution in [2.45, 2.75) is 20.4 Å². The third-order valence-electron chi connectivity index (χ3n) is 2.53. The first-order chi connectivity index (χ1) is 7.15. The highest BCUT2D eigenvalue weighted by Gasteiger charge is 2.02. The quantitative estimate of drug-likeness (QED) is 0.761. The van der Waals surface area contributed by atoms with E-state index in [2.05, 4.69) is 36.0 Å². The average Bonchev–Trinajstić information content (AvgIpc) is 2.24. The Morgan fingerprint density at radius 2 is 2.13 bits per heavy atom. The van der Waals surface area contributed by atoms with Crippen LogP contribution in [0.15, 0.2) is 18.2 Å². The van der Waals surface area contributed by atoms with Crippen molar-refractivity contribution in [3.05, 3.63) is 34.9 Å². The van der Waals surface area contributed by atoms with Crippen LogP contribution in [0.5, 0.6) is 0 Å². The summed E-state index contributed by atoms with van der Waals surface area (Å²) in [5.74, 6) is -0.236. The fourth-order valence-corrected chi connectivity index (χ4v) is 1.37. The van der Waals surface area contributed by atoms with E-state index >= 15 is 0 Å². The number of carbonyl (C=O) groups excluding carboxylic acids is 1. The number of methoxy groups -OCH3 is 1. The number of carbonyl (C=O) groups is 1. The van der Waals surface area contributed by atoms with E-state index in [4.69, 9.17) is 0 Å². The van der Waals surface area contributed by atoms with Crippen LogP contribution in [0.1, 0.15) is 16.7 Å². The van der Waals surface area contributed by atoms with Gasteiger partial charge in [-0.15, -0.1) is 0 Å². The zero-order valence-corrected chi connectivity index (χ0v) is 9.46. The van der Waals surface area contributed by atoms with Gasteiger partial charge >= 0.3 is 5.97 Å². The first-order valence-corrected chi connectivity index (χ1v) is 4.97. The van der Waals surface area contributed by atoms with Crippen molar-refractivity contribution in [3.8, 4) is 0 Å². The van der Waals surface area contributed by atoms with Gasteiger partial charge in [0.2, 0.25) is 0 Å². The average molecular weight is 207 g/mol. The first kappa shape index (κ1) is 11.7. The molecule has 15 heavy (non-hydrogen) atoms. The van der Waals surface area contributed by atoms with Gasteiger partial charge in [0.1, 0.15) is 0 Å². The summed E-state index contributed by atoms with van der Waals surface area (Å²) < 4.78 is 4.54. The van der Waals surface area contributed by atoms with Crippen LogP contribution in [-0.4, -0.2) is 19.6 Å². The molecule has 0 spiro atoms. The Morgan fingerprint density at radius 3 is 2.80 bits per heavy atom. The van der Waals surface area contributed by atoms with Crippen LogP contribution in [0.2, 0.25) is 0 Å². The number of nitrogens with one attached hydrogen (secondary N) is 1. The van der Waals surface area contributed by atoms with E-state index in [1.165, 1.54) is 23.8 Å². The van der Waals surface area contributed by atoms with Crippen LogP contribution in [0, 0.1) is 13.8 Å². The zero-order valence-electron chi connectivity index (χ0n) is 9.46. The Labute approximate surface area is 90.4 Å². The molecular formula is C12H17NO2. The third kappa shape index (κ3) is 3.36. The van der Waals surface area contributed by atoms with E-state index in [1.54, 1.807) is 0 Å². The smallest absolute Gasteiger partial charge is 0.319 e. The Hall–Kier alpha value is -1.35. The van der Waals surface area contributed by atoms with Crippen LogP contribution in [0.25, 0.3) is 0 Å². The molecule has 3 nitrogen and oxygen atoms in total. The highest BCUT2D eigenvalue weighted by atomic mass is 16.5. The minimum absolute atomic E-state index is 0.236. The van der Waals surface area contributed by atoms with Crippen molar-refractivity contribution in [3.63, 3.8) is 0 Å². The number of esters is 1. The van der Waals surface area contributed by atoms with Gasteiger partial charge in [-0.3, -0.25) is 4.79 Å². The number of hydrogen-bond donors (Lipinski definition) is 1. The molecule has 0 aromatic heterocycles. The van der Waals surface area contributed by atoms with E-state index in [0.717, 1.165) is 0 Å². The summed E-state index contributed by atoms with van der Waals surface area (Å²) in [4.78, 5) is 10.9. The number of rotatable bonds is 4. The molecule has 0 aliphatic heterocycles. The number of hydrogen-bond acceptors (Lipinski definition) is 3. The molecule has 1 aromatic rings.